The topological polar surface area (TPSA) is 141 Å². The van der Waals surface area contributed by atoms with Crippen LogP contribution in [-0.4, -0.2) is 110 Å². The summed E-state index contributed by atoms with van der Waals surface area (Å²) in [7, 11) is -0.231. The predicted octanol–water partition coefficient (Wildman–Crippen LogP) is 3.87. The van der Waals surface area contributed by atoms with Gasteiger partial charge in [0.25, 0.3) is 5.56 Å². The molecule has 49 heavy (non-hydrogen) atoms. The molecule has 0 atom stereocenters. The van der Waals surface area contributed by atoms with Crippen LogP contribution in [0.25, 0.3) is 22.4 Å². The lowest BCUT2D eigenvalue weighted by molar-refractivity contribution is 0.00791. The second kappa shape index (κ2) is 18.9. The van der Waals surface area contributed by atoms with E-state index in [1.807, 2.05) is 63.1 Å². The first-order valence-corrected chi connectivity index (χ1v) is 18.3. The van der Waals surface area contributed by atoms with Crippen LogP contribution in [0.4, 0.5) is 0 Å². The molecule has 2 aromatic carbocycles. The van der Waals surface area contributed by atoms with Gasteiger partial charge in [-0.1, -0.05) is 50.6 Å². The monoisotopic (exact) mass is 698 g/mol. The minimum Gasteiger partial charge on any atom is -0.493 e. The van der Waals surface area contributed by atoms with Crippen LogP contribution >= 0.6 is 0 Å². The van der Waals surface area contributed by atoms with Crippen LogP contribution in [0, 0.1) is 0 Å². The van der Waals surface area contributed by atoms with Crippen molar-refractivity contribution in [1.82, 2.24) is 29.0 Å². The van der Waals surface area contributed by atoms with E-state index in [1.54, 1.807) is 13.1 Å². The lowest BCUT2D eigenvalue weighted by Gasteiger charge is -2.24. The molecule has 0 spiro atoms. The highest BCUT2D eigenvalue weighted by atomic mass is 32.2. The van der Waals surface area contributed by atoms with Gasteiger partial charge < -0.3 is 28.8 Å². The van der Waals surface area contributed by atoms with Crippen molar-refractivity contribution in [2.75, 3.05) is 72.9 Å². The molecule has 1 N–H and O–H groups in total. The highest BCUT2D eigenvalue weighted by molar-refractivity contribution is 7.89. The number of sulfonamides is 1. The SMILES string of the molecule is CCCc1nn(C)c2c(=O)[nH]c(-c3cc(S(=O)(=O)N(CC)CCN(C)CCOCCOCCOCc4ccccc4)ccc3OCC)nc12. The maximum Gasteiger partial charge on any atom is 0.277 e. The fraction of sp³-hybridized carbons (Fsp3) is 0.514. The van der Waals surface area contributed by atoms with Crippen molar-refractivity contribution in [2.45, 2.75) is 45.1 Å². The quantitative estimate of drug-likeness (QED) is 0.120. The number of nitrogens with zero attached hydrogens (tertiary/aromatic N) is 5. The van der Waals surface area contributed by atoms with Gasteiger partial charge in [-0.25, -0.2) is 13.4 Å². The molecule has 0 saturated carbocycles. The Morgan fingerprint density at radius 2 is 1.61 bits per heavy atom. The van der Waals surface area contributed by atoms with Crippen LogP contribution in [0.15, 0.2) is 58.2 Å². The number of hydrogen-bond donors (Lipinski definition) is 1. The Morgan fingerprint density at radius 1 is 0.898 bits per heavy atom. The Labute approximate surface area is 289 Å². The number of aromatic nitrogens is 4. The average Bonchev–Trinajstić information content (AvgIpc) is 3.41. The number of benzene rings is 2. The highest BCUT2D eigenvalue weighted by Gasteiger charge is 2.26. The maximum absolute atomic E-state index is 13.9. The van der Waals surface area contributed by atoms with Crippen molar-refractivity contribution in [3.63, 3.8) is 0 Å². The van der Waals surface area contributed by atoms with Crippen LogP contribution in [0.2, 0.25) is 0 Å². The molecule has 4 aromatic rings. The molecular formula is C35H50N6O7S. The molecule has 0 saturated heterocycles. The summed E-state index contributed by atoms with van der Waals surface area (Å²) in [6, 6.07) is 14.7. The Kier molecular flexibility index (Phi) is 14.7. The van der Waals surface area contributed by atoms with Crippen LogP contribution in [0.3, 0.4) is 0 Å². The van der Waals surface area contributed by atoms with Gasteiger partial charge in [0, 0.05) is 33.2 Å². The van der Waals surface area contributed by atoms with Gasteiger partial charge >= 0.3 is 0 Å². The number of ether oxygens (including phenoxy) is 4. The first-order valence-electron chi connectivity index (χ1n) is 16.9. The number of rotatable bonds is 22. The Morgan fingerprint density at radius 3 is 2.31 bits per heavy atom. The third-order valence-corrected chi connectivity index (χ3v) is 9.92. The Bertz CT molecular complexity index is 1780. The molecular weight excluding hydrogens is 648 g/mol. The van der Waals surface area contributed by atoms with Gasteiger partial charge in [0.2, 0.25) is 10.0 Å². The van der Waals surface area contributed by atoms with E-state index >= 15 is 0 Å². The van der Waals surface area contributed by atoms with Crippen LogP contribution in [0.5, 0.6) is 5.75 Å². The third-order valence-electron chi connectivity index (χ3n) is 7.95. The first kappa shape index (κ1) is 38.1. The van der Waals surface area contributed by atoms with E-state index < -0.39 is 10.0 Å². The number of H-pyrrole nitrogens is 1. The lowest BCUT2D eigenvalue weighted by Crippen LogP contribution is -2.38. The zero-order chi connectivity index (χ0) is 35.2. The second-order valence-corrected chi connectivity index (χ2v) is 13.5. The fourth-order valence-corrected chi connectivity index (χ4v) is 6.80. The summed E-state index contributed by atoms with van der Waals surface area (Å²) in [6.07, 6.45) is 1.50. The minimum absolute atomic E-state index is 0.0898. The number of aromatic amines is 1. The molecule has 0 aliphatic rings. The molecule has 0 aliphatic heterocycles. The molecule has 2 aromatic heterocycles. The summed E-state index contributed by atoms with van der Waals surface area (Å²) in [6.45, 7) is 10.8. The lowest BCUT2D eigenvalue weighted by atomic mass is 10.1. The summed E-state index contributed by atoms with van der Waals surface area (Å²) in [5, 5.41) is 4.49. The van der Waals surface area contributed by atoms with Crippen LogP contribution < -0.4 is 10.3 Å². The van der Waals surface area contributed by atoms with Gasteiger partial charge in [0.15, 0.2) is 5.52 Å². The van der Waals surface area contributed by atoms with E-state index in [9.17, 15) is 13.2 Å². The van der Waals surface area contributed by atoms with Crippen LogP contribution in [0.1, 0.15) is 38.4 Å². The molecule has 0 aliphatic carbocycles. The fourth-order valence-electron chi connectivity index (χ4n) is 5.33. The minimum atomic E-state index is -3.88. The first-order chi connectivity index (χ1) is 23.7. The molecule has 2 heterocycles. The van der Waals surface area contributed by atoms with Crippen molar-refractivity contribution < 1.29 is 27.4 Å². The third kappa shape index (κ3) is 10.4. The van der Waals surface area contributed by atoms with Crippen molar-refractivity contribution in [3.8, 4) is 17.1 Å². The summed E-state index contributed by atoms with van der Waals surface area (Å²) < 4.78 is 53.4. The molecule has 13 nitrogen and oxygen atoms in total. The van der Waals surface area contributed by atoms with E-state index in [0.717, 1.165) is 12.0 Å². The number of hydrogen-bond acceptors (Lipinski definition) is 10. The van der Waals surface area contributed by atoms with Crippen molar-refractivity contribution in [2.24, 2.45) is 7.05 Å². The van der Waals surface area contributed by atoms with Gasteiger partial charge in [-0.2, -0.15) is 9.40 Å². The summed E-state index contributed by atoms with van der Waals surface area (Å²) in [5.41, 5.74) is 2.75. The standard InChI is InChI=1S/C35H50N6O7S/c1-6-12-30-32-33(40(5)38-30)35(42)37-34(36-32)29-25-28(15-16-31(29)48-8-3)49(43,44)41(7-2)18-17-39(4)19-20-45-21-22-46-23-24-47-26-27-13-10-9-11-14-27/h9-11,13-16,25H,6-8,12,17-24,26H2,1-5H3,(H,36,37,42). The van der Waals surface area contributed by atoms with Gasteiger partial charge in [-0.3, -0.25) is 9.48 Å². The number of aryl methyl sites for hydroxylation is 2. The predicted molar refractivity (Wildman–Crippen MR) is 189 cm³/mol. The van der Waals surface area contributed by atoms with Gasteiger partial charge in [0.05, 0.1) is 62.4 Å². The molecule has 0 radical (unpaired) electrons. The van der Waals surface area contributed by atoms with E-state index in [2.05, 4.69) is 10.1 Å². The van der Waals surface area contributed by atoms with E-state index in [1.165, 1.54) is 21.1 Å². The van der Waals surface area contributed by atoms with E-state index in [0.29, 0.717) is 107 Å². The molecule has 14 heteroatoms. The zero-order valence-corrected chi connectivity index (χ0v) is 30.1. The molecule has 268 valence electrons. The average molecular weight is 699 g/mol. The summed E-state index contributed by atoms with van der Waals surface area (Å²) in [5.74, 6) is 0.655. The summed E-state index contributed by atoms with van der Waals surface area (Å²) in [4.78, 5) is 22.8. The highest BCUT2D eigenvalue weighted by Crippen LogP contribution is 2.32. The maximum atomic E-state index is 13.9. The summed E-state index contributed by atoms with van der Waals surface area (Å²) >= 11 is 0. The van der Waals surface area contributed by atoms with E-state index in [4.69, 9.17) is 23.9 Å². The van der Waals surface area contributed by atoms with Gasteiger partial charge in [-0.15, -0.1) is 0 Å². The second-order valence-electron chi connectivity index (χ2n) is 11.6. The largest absolute Gasteiger partial charge is 0.493 e. The molecule has 0 amide bonds. The molecule has 0 bridgehead atoms. The van der Waals surface area contributed by atoms with Gasteiger partial charge in [-0.05, 0) is 44.2 Å². The van der Waals surface area contributed by atoms with Crippen molar-refractivity contribution in [1.29, 1.82) is 0 Å². The smallest absolute Gasteiger partial charge is 0.277 e. The number of fused-ring (bicyclic) bond motifs is 1. The van der Waals surface area contributed by atoms with Gasteiger partial charge in [0.1, 0.15) is 17.1 Å². The Balaban J connectivity index is 1.31. The molecule has 0 unspecified atom stereocenters. The number of likely N-dealkylation sites (N-methyl/N-ethyl adjacent to an activating group) is 2. The molecule has 4 rings (SSSR count). The Hall–Kier alpha value is -3.66. The van der Waals surface area contributed by atoms with E-state index in [-0.39, 0.29) is 16.3 Å². The van der Waals surface area contributed by atoms with Crippen molar-refractivity contribution >= 4 is 21.1 Å². The zero-order valence-electron chi connectivity index (χ0n) is 29.3. The normalized spacial score (nSPS) is 12.1. The number of nitrogens with one attached hydrogen (secondary N) is 1. The molecule has 0 fully saturated rings. The van der Waals surface area contributed by atoms with Crippen LogP contribution in [-0.2, 0) is 44.3 Å². The van der Waals surface area contributed by atoms with Crippen molar-refractivity contribution in [3.05, 3.63) is 70.1 Å².